The Morgan fingerprint density at radius 1 is 0.757 bits per heavy atom. The predicted molar refractivity (Wildman–Crippen MR) is 141 cm³/mol. The summed E-state index contributed by atoms with van der Waals surface area (Å²) in [4.78, 5) is 24.5. The number of benzene rings is 2. The van der Waals surface area contributed by atoms with E-state index in [4.69, 9.17) is 23.2 Å². The Bertz CT molecular complexity index is 1450. The lowest BCUT2D eigenvalue weighted by atomic mass is 10.2. The minimum atomic E-state index is -0.554. The molecule has 2 heterocycles. The summed E-state index contributed by atoms with van der Waals surface area (Å²) < 4.78 is 3.27. The molecule has 0 saturated heterocycles. The summed E-state index contributed by atoms with van der Waals surface area (Å²) in [5.74, 6) is -1.33. The molecule has 192 valence electrons. The second-order valence-electron chi connectivity index (χ2n) is 8.20. The second kappa shape index (κ2) is 11.1. The van der Waals surface area contributed by atoms with E-state index in [2.05, 4.69) is 20.5 Å². The zero-order valence-corrected chi connectivity index (χ0v) is 21.7. The van der Waals surface area contributed by atoms with Crippen LogP contribution in [0.2, 0.25) is 10.0 Å². The first-order valence-corrected chi connectivity index (χ1v) is 12.4. The molecule has 0 bridgehead atoms. The molecule has 0 aliphatic heterocycles. The zero-order chi connectivity index (χ0) is 26.7. The number of rotatable bonds is 8. The van der Waals surface area contributed by atoms with Crippen LogP contribution >= 0.6 is 23.2 Å². The number of fused-ring (bicyclic) bond motifs is 2. The molecular formula is C25H24Cl2N6O4. The molecule has 0 atom stereocenters. The average molecular weight is 543 g/mol. The highest BCUT2D eigenvalue weighted by Gasteiger charge is 2.18. The summed E-state index contributed by atoms with van der Waals surface area (Å²) in [6, 6.07) is 10.2. The van der Waals surface area contributed by atoms with E-state index >= 15 is 0 Å². The van der Waals surface area contributed by atoms with Gasteiger partial charge < -0.3 is 19.3 Å². The van der Waals surface area contributed by atoms with Crippen molar-refractivity contribution in [2.45, 2.75) is 46.2 Å². The molecule has 2 amide bonds. The van der Waals surface area contributed by atoms with Crippen LogP contribution in [0.5, 0.6) is 11.8 Å². The van der Waals surface area contributed by atoms with Crippen molar-refractivity contribution in [1.82, 2.24) is 9.13 Å². The summed E-state index contributed by atoms with van der Waals surface area (Å²) in [6.07, 6.45) is 0.0855. The van der Waals surface area contributed by atoms with Crippen LogP contribution in [0.4, 0.5) is 11.4 Å². The van der Waals surface area contributed by atoms with E-state index in [1.165, 1.54) is 0 Å². The number of halogens is 2. The van der Waals surface area contributed by atoms with E-state index in [9.17, 15) is 19.8 Å². The summed E-state index contributed by atoms with van der Waals surface area (Å²) >= 11 is 12.1. The SMILES string of the molecule is CCn1c(O)c(N=NC(=O)CCCC(=O)N=Nc2c(O)n(CC)c3ccc(Cl)cc23)c2cc(Cl)ccc21. The van der Waals surface area contributed by atoms with Gasteiger partial charge in [-0.1, -0.05) is 23.2 Å². The van der Waals surface area contributed by atoms with Crippen molar-refractivity contribution in [3.05, 3.63) is 46.4 Å². The van der Waals surface area contributed by atoms with Gasteiger partial charge in [0.05, 0.1) is 11.0 Å². The number of aromatic hydroxyl groups is 2. The molecule has 0 radical (unpaired) electrons. The molecule has 2 aromatic carbocycles. The number of aromatic nitrogens is 2. The van der Waals surface area contributed by atoms with Crippen molar-refractivity contribution >= 4 is 68.2 Å². The van der Waals surface area contributed by atoms with Crippen molar-refractivity contribution in [2.75, 3.05) is 0 Å². The number of hydrogen-bond acceptors (Lipinski definition) is 6. The van der Waals surface area contributed by atoms with E-state index in [0.717, 1.165) is 11.0 Å². The molecule has 12 heteroatoms. The van der Waals surface area contributed by atoms with E-state index in [-0.39, 0.29) is 42.4 Å². The van der Waals surface area contributed by atoms with Gasteiger partial charge in [0.2, 0.25) is 11.8 Å². The maximum Gasteiger partial charge on any atom is 0.264 e. The molecule has 0 aliphatic rings. The summed E-state index contributed by atoms with van der Waals surface area (Å²) in [6.45, 7) is 4.72. The largest absolute Gasteiger partial charge is 0.493 e. The van der Waals surface area contributed by atoms with Crippen LogP contribution in [0.3, 0.4) is 0 Å². The maximum absolute atomic E-state index is 12.2. The lowest BCUT2D eigenvalue weighted by Gasteiger charge is -2.01. The summed E-state index contributed by atoms with van der Waals surface area (Å²) in [5, 5.41) is 38.4. The number of nitrogens with zero attached hydrogens (tertiary/aromatic N) is 6. The molecule has 0 unspecified atom stereocenters. The van der Waals surface area contributed by atoms with E-state index in [1.54, 1.807) is 45.5 Å². The van der Waals surface area contributed by atoms with Crippen molar-refractivity contribution in [1.29, 1.82) is 0 Å². The third-order valence-corrected chi connectivity index (χ3v) is 6.35. The van der Waals surface area contributed by atoms with E-state index in [0.29, 0.717) is 33.9 Å². The lowest BCUT2D eigenvalue weighted by Crippen LogP contribution is -1.97. The van der Waals surface area contributed by atoms with E-state index in [1.807, 2.05) is 13.8 Å². The number of carbonyl (C=O) groups excluding carboxylic acids is 2. The Labute approximate surface area is 221 Å². The van der Waals surface area contributed by atoms with Gasteiger partial charge in [-0.05, 0) is 56.7 Å². The fourth-order valence-electron chi connectivity index (χ4n) is 4.13. The first-order valence-electron chi connectivity index (χ1n) is 11.7. The van der Waals surface area contributed by atoms with Crippen LogP contribution in [-0.4, -0.2) is 31.2 Å². The first-order chi connectivity index (χ1) is 17.7. The average Bonchev–Trinajstić information content (AvgIpc) is 3.29. The van der Waals surface area contributed by atoms with Gasteiger partial charge in [-0.3, -0.25) is 9.59 Å². The lowest BCUT2D eigenvalue weighted by molar-refractivity contribution is -0.119. The molecule has 0 spiro atoms. The Hall–Kier alpha value is -3.76. The van der Waals surface area contributed by atoms with Gasteiger partial charge in [-0.15, -0.1) is 20.5 Å². The quantitative estimate of drug-likeness (QED) is 0.223. The Morgan fingerprint density at radius 3 is 1.54 bits per heavy atom. The predicted octanol–water partition coefficient (Wildman–Crippen LogP) is 7.44. The Balaban J connectivity index is 1.39. The van der Waals surface area contributed by atoms with Gasteiger partial charge in [0, 0.05) is 46.7 Å². The topological polar surface area (TPSA) is 134 Å². The highest BCUT2D eigenvalue weighted by atomic mass is 35.5. The van der Waals surface area contributed by atoms with Gasteiger partial charge >= 0.3 is 0 Å². The first kappa shape index (κ1) is 26.3. The van der Waals surface area contributed by atoms with Gasteiger partial charge in [0.25, 0.3) is 11.8 Å². The van der Waals surface area contributed by atoms with Crippen molar-refractivity contribution < 1.29 is 19.8 Å². The fourth-order valence-corrected chi connectivity index (χ4v) is 4.48. The smallest absolute Gasteiger partial charge is 0.264 e. The molecule has 0 fully saturated rings. The zero-order valence-electron chi connectivity index (χ0n) is 20.1. The molecule has 4 rings (SSSR count). The van der Waals surface area contributed by atoms with Crippen LogP contribution < -0.4 is 0 Å². The number of aryl methyl sites for hydroxylation is 2. The van der Waals surface area contributed by atoms with Crippen LogP contribution in [-0.2, 0) is 22.7 Å². The molecule has 2 aromatic heterocycles. The highest BCUT2D eigenvalue weighted by molar-refractivity contribution is 6.32. The minimum absolute atomic E-state index is 0.0469. The van der Waals surface area contributed by atoms with Gasteiger partial charge in [-0.2, -0.15) is 0 Å². The van der Waals surface area contributed by atoms with Crippen LogP contribution in [0.25, 0.3) is 21.8 Å². The summed E-state index contributed by atoms with van der Waals surface area (Å²) in [7, 11) is 0. The molecule has 4 aromatic rings. The standard InChI is InChI=1S/C25H24Cl2N6O4/c1-3-32-18-10-8-14(26)12-16(18)22(24(32)36)30-28-20(34)6-5-7-21(35)29-31-23-17-13-15(27)9-11-19(17)33(4-2)25(23)37/h8-13,36-37H,3-7H2,1-2H3. The number of carbonyl (C=O) groups is 2. The van der Waals surface area contributed by atoms with E-state index < -0.39 is 11.8 Å². The van der Waals surface area contributed by atoms with Crippen LogP contribution in [0.1, 0.15) is 33.1 Å². The fraction of sp³-hybridized carbons (Fsp3) is 0.280. The molecule has 0 saturated carbocycles. The number of amides is 2. The highest BCUT2D eigenvalue weighted by Crippen LogP contribution is 2.41. The Morgan fingerprint density at radius 2 is 1.16 bits per heavy atom. The normalized spacial score (nSPS) is 12.0. The van der Waals surface area contributed by atoms with Crippen LogP contribution in [0.15, 0.2) is 56.9 Å². The Kier molecular flexibility index (Phi) is 7.89. The maximum atomic E-state index is 12.2. The summed E-state index contributed by atoms with van der Waals surface area (Å²) in [5.41, 5.74) is 1.75. The third-order valence-electron chi connectivity index (χ3n) is 5.88. The molecule has 0 aliphatic carbocycles. The third kappa shape index (κ3) is 5.35. The monoisotopic (exact) mass is 542 g/mol. The van der Waals surface area contributed by atoms with Crippen molar-refractivity contribution in [2.24, 2.45) is 20.5 Å². The van der Waals surface area contributed by atoms with Crippen molar-refractivity contribution in [3.63, 3.8) is 0 Å². The van der Waals surface area contributed by atoms with Crippen molar-refractivity contribution in [3.8, 4) is 11.8 Å². The van der Waals surface area contributed by atoms with Gasteiger partial charge in [-0.25, -0.2) is 0 Å². The molecule has 37 heavy (non-hydrogen) atoms. The second-order valence-corrected chi connectivity index (χ2v) is 9.07. The van der Waals surface area contributed by atoms with Crippen LogP contribution in [0, 0.1) is 0 Å². The van der Waals surface area contributed by atoms with Gasteiger partial charge in [0.15, 0.2) is 11.4 Å². The number of hydrogen-bond donors (Lipinski definition) is 2. The molecular weight excluding hydrogens is 519 g/mol. The number of azo groups is 2. The molecule has 2 N–H and O–H groups in total. The van der Waals surface area contributed by atoms with Gasteiger partial charge in [0.1, 0.15) is 0 Å². The minimum Gasteiger partial charge on any atom is -0.493 e. The molecule has 10 nitrogen and oxygen atoms in total.